The molecule has 0 spiro atoms. The first kappa shape index (κ1) is 12.4. The van der Waals surface area contributed by atoms with Crippen molar-refractivity contribution < 1.29 is 4.79 Å². The van der Waals surface area contributed by atoms with Crippen molar-refractivity contribution in [2.75, 3.05) is 5.88 Å². The zero-order valence-corrected chi connectivity index (χ0v) is 10.7. The number of rotatable bonds is 4. The van der Waals surface area contributed by atoms with Crippen LogP contribution in [0.25, 0.3) is 0 Å². The minimum atomic E-state index is 0.0257. The van der Waals surface area contributed by atoms with E-state index in [2.05, 4.69) is 23.5 Å². The van der Waals surface area contributed by atoms with Gasteiger partial charge in [0.1, 0.15) is 0 Å². The summed E-state index contributed by atoms with van der Waals surface area (Å²) >= 11 is 5.51. The van der Waals surface area contributed by atoms with Crippen molar-refractivity contribution in [3.05, 3.63) is 34.9 Å². The van der Waals surface area contributed by atoms with Crippen LogP contribution >= 0.6 is 11.6 Å². The van der Waals surface area contributed by atoms with Gasteiger partial charge in [0.2, 0.25) is 5.91 Å². The number of nitrogens with one attached hydrogen (secondary N) is 1. The average molecular weight is 252 g/mol. The van der Waals surface area contributed by atoms with Crippen molar-refractivity contribution in [3.8, 4) is 0 Å². The minimum Gasteiger partial charge on any atom is -0.352 e. The molecule has 0 heterocycles. The van der Waals surface area contributed by atoms with Gasteiger partial charge in [-0.05, 0) is 42.4 Å². The van der Waals surface area contributed by atoms with Gasteiger partial charge in [-0.1, -0.05) is 18.2 Å². The monoisotopic (exact) mass is 251 g/mol. The van der Waals surface area contributed by atoms with E-state index >= 15 is 0 Å². The van der Waals surface area contributed by atoms with Crippen LogP contribution in [0.1, 0.15) is 36.0 Å². The highest BCUT2D eigenvalue weighted by molar-refractivity contribution is 6.18. The van der Waals surface area contributed by atoms with Gasteiger partial charge in [-0.3, -0.25) is 4.79 Å². The standard InChI is InChI=1S/C14H18ClNO/c15-8-7-14(17)16-10-11-5-6-12-3-1-2-4-13(12)9-11/h5-6,9H,1-4,7-8,10H2,(H,16,17). The molecule has 1 N–H and O–H groups in total. The number of hydrogen-bond donors (Lipinski definition) is 1. The summed E-state index contributed by atoms with van der Waals surface area (Å²) < 4.78 is 0. The molecule has 0 saturated heterocycles. The molecule has 0 unspecified atom stereocenters. The van der Waals surface area contributed by atoms with E-state index in [0.29, 0.717) is 18.8 Å². The minimum absolute atomic E-state index is 0.0257. The second kappa shape index (κ2) is 6.06. The molecule has 0 saturated carbocycles. The number of benzene rings is 1. The predicted octanol–water partition coefficient (Wildman–Crippen LogP) is 2.81. The fourth-order valence-electron chi connectivity index (χ4n) is 2.27. The first-order valence-corrected chi connectivity index (χ1v) is 6.76. The van der Waals surface area contributed by atoms with E-state index in [1.54, 1.807) is 0 Å². The number of carbonyl (C=O) groups excluding carboxylic acids is 1. The van der Waals surface area contributed by atoms with Crippen LogP contribution in [0.5, 0.6) is 0 Å². The largest absolute Gasteiger partial charge is 0.352 e. The number of aryl methyl sites for hydroxylation is 2. The maximum absolute atomic E-state index is 11.3. The molecule has 0 aromatic heterocycles. The lowest BCUT2D eigenvalue weighted by Gasteiger charge is -2.16. The van der Waals surface area contributed by atoms with Gasteiger partial charge >= 0.3 is 0 Å². The highest BCUT2D eigenvalue weighted by Crippen LogP contribution is 2.22. The Bertz CT molecular complexity index is 403. The van der Waals surface area contributed by atoms with E-state index < -0.39 is 0 Å². The first-order valence-electron chi connectivity index (χ1n) is 6.23. The van der Waals surface area contributed by atoms with E-state index in [4.69, 9.17) is 11.6 Å². The van der Waals surface area contributed by atoms with Gasteiger partial charge in [0.25, 0.3) is 0 Å². The Hall–Kier alpha value is -1.02. The van der Waals surface area contributed by atoms with Crippen LogP contribution in [0, 0.1) is 0 Å². The number of alkyl halides is 1. The Labute approximate surface area is 107 Å². The molecule has 0 atom stereocenters. The third-order valence-corrected chi connectivity index (χ3v) is 3.41. The fraction of sp³-hybridized carbons (Fsp3) is 0.500. The summed E-state index contributed by atoms with van der Waals surface area (Å²) in [6, 6.07) is 6.55. The van der Waals surface area contributed by atoms with Crippen molar-refractivity contribution in [1.29, 1.82) is 0 Å². The number of halogens is 1. The molecule has 92 valence electrons. The summed E-state index contributed by atoms with van der Waals surface area (Å²) in [7, 11) is 0. The van der Waals surface area contributed by atoms with Gasteiger partial charge in [0.15, 0.2) is 0 Å². The molecule has 3 heteroatoms. The smallest absolute Gasteiger partial charge is 0.221 e. The summed E-state index contributed by atoms with van der Waals surface area (Å²) in [5.74, 6) is 0.411. The fourth-order valence-corrected chi connectivity index (χ4v) is 2.44. The quantitative estimate of drug-likeness (QED) is 0.820. The third-order valence-electron chi connectivity index (χ3n) is 3.22. The van der Waals surface area contributed by atoms with Crippen LogP contribution in [0.4, 0.5) is 0 Å². The second-order valence-corrected chi connectivity index (χ2v) is 4.90. The molecule has 2 rings (SSSR count). The van der Waals surface area contributed by atoms with E-state index in [-0.39, 0.29) is 5.91 Å². The van der Waals surface area contributed by atoms with Crippen LogP contribution in [0.2, 0.25) is 0 Å². The first-order chi connectivity index (χ1) is 8.29. The normalized spacial score (nSPS) is 14.2. The molecule has 0 aliphatic heterocycles. The molecular weight excluding hydrogens is 234 g/mol. The molecule has 1 aromatic rings. The van der Waals surface area contributed by atoms with Gasteiger partial charge in [-0.15, -0.1) is 11.6 Å². The molecule has 1 amide bonds. The second-order valence-electron chi connectivity index (χ2n) is 4.53. The molecule has 1 aliphatic carbocycles. The number of carbonyl (C=O) groups is 1. The topological polar surface area (TPSA) is 29.1 Å². The number of hydrogen-bond acceptors (Lipinski definition) is 1. The Balaban J connectivity index is 1.95. The van der Waals surface area contributed by atoms with Crippen molar-refractivity contribution in [2.45, 2.75) is 38.6 Å². The predicted molar refractivity (Wildman–Crippen MR) is 70.3 cm³/mol. The van der Waals surface area contributed by atoms with E-state index in [9.17, 15) is 4.79 Å². The maximum atomic E-state index is 11.3. The molecule has 17 heavy (non-hydrogen) atoms. The summed E-state index contributed by atoms with van der Waals surface area (Å²) in [5.41, 5.74) is 4.13. The third kappa shape index (κ3) is 3.47. The zero-order chi connectivity index (χ0) is 12.1. The van der Waals surface area contributed by atoms with Crippen LogP contribution in [0.15, 0.2) is 18.2 Å². The summed E-state index contributed by atoms with van der Waals surface area (Å²) in [5, 5.41) is 2.88. The summed E-state index contributed by atoms with van der Waals surface area (Å²) in [4.78, 5) is 11.3. The lowest BCUT2D eigenvalue weighted by Crippen LogP contribution is -2.22. The highest BCUT2D eigenvalue weighted by Gasteiger charge is 2.09. The molecular formula is C14H18ClNO. The van der Waals surface area contributed by atoms with Gasteiger partial charge in [0, 0.05) is 18.8 Å². The number of amides is 1. The summed E-state index contributed by atoms with van der Waals surface area (Å²) in [6.07, 6.45) is 5.37. The van der Waals surface area contributed by atoms with E-state index in [0.717, 1.165) is 0 Å². The summed E-state index contributed by atoms with van der Waals surface area (Å²) in [6.45, 7) is 0.614. The molecule has 1 aliphatic rings. The van der Waals surface area contributed by atoms with Gasteiger partial charge in [-0.2, -0.15) is 0 Å². The molecule has 2 nitrogen and oxygen atoms in total. The average Bonchev–Trinajstić information content (AvgIpc) is 2.36. The lowest BCUT2D eigenvalue weighted by molar-refractivity contribution is -0.120. The van der Waals surface area contributed by atoms with Crippen LogP contribution in [-0.4, -0.2) is 11.8 Å². The van der Waals surface area contributed by atoms with Crippen molar-refractivity contribution in [3.63, 3.8) is 0 Å². The molecule has 0 fully saturated rings. The maximum Gasteiger partial charge on any atom is 0.221 e. The Kier molecular flexibility index (Phi) is 4.43. The van der Waals surface area contributed by atoms with Crippen LogP contribution < -0.4 is 5.32 Å². The van der Waals surface area contributed by atoms with Crippen LogP contribution in [0.3, 0.4) is 0 Å². The van der Waals surface area contributed by atoms with Crippen molar-refractivity contribution >= 4 is 17.5 Å². The van der Waals surface area contributed by atoms with Crippen molar-refractivity contribution in [1.82, 2.24) is 5.32 Å². The molecule has 0 bridgehead atoms. The molecule has 1 aromatic carbocycles. The Morgan fingerprint density at radius 1 is 1.24 bits per heavy atom. The molecule has 0 radical (unpaired) electrons. The van der Waals surface area contributed by atoms with Gasteiger partial charge in [-0.25, -0.2) is 0 Å². The SMILES string of the molecule is O=C(CCCl)NCc1ccc2c(c1)CCCC2. The van der Waals surface area contributed by atoms with Gasteiger partial charge in [0.05, 0.1) is 0 Å². The Morgan fingerprint density at radius 3 is 2.76 bits per heavy atom. The highest BCUT2D eigenvalue weighted by atomic mass is 35.5. The zero-order valence-electron chi connectivity index (χ0n) is 9.97. The van der Waals surface area contributed by atoms with Gasteiger partial charge < -0.3 is 5.32 Å². The van der Waals surface area contributed by atoms with E-state index in [1.807, 2.05) is 0 Å². The van der Waals surface area contributed by atoms with Crippen LogP contribution in [-0.2, 0) is 24.2 Å². The number of fused-ring (bicyclic) bond motifs is 1. The van der Waals surface area contributed by atoms with E-state index in [1.165, 1.54) is 42.4 Å². The lowest BCUT2D eigenvalue weighted by atomic mass is 9.90. The Morgan fingerprint density at radius 2 is 2.00 bits per heavy atom. The van der Waals surface area contributed by atoms with Crippen molar-refractivity contribution in [2.24, 2.45) is 0 Å².